The van der Waals surface area contributed by atoms with E-state index in [1.807, 2.05) is 0 Å². The van der Waals surface area contributed by atoms with Crippen molar-refractivity contribution in [2.75, 3.05) is 7.11 Å². The second kappa shape index (κ2) is 9.75. The van der Waals surface area contributed by atoms with Gasteiger partial charge in [0, 0.05) is 12.0 Å². The maximum absolute atomic E-state index is 14.8. The highest BCUT2D eigenvalue weighted by molar-refractivity contribution is 7.93. The van der Waals surface area contributed by atoms with Gasteiger partial charge in [-0.1, -0.05) is 60.4 Å². The molecule has 0 amide bonds. The van der Waals surface area contributed by atoms with Gasteiger partial charge < -0.3 is 4.74 Å². The Labute approximate surface area is 185 Å². The van der Waals surface area contributed by atoms with Gasteiger partial charge in [-0.15, -0.1) is 0 Å². The summed E-state index contributed by atoms with van der Waals surface area (Å²) in [6.07, 6.45) is -0.758. The minimum absolute atomic E-state index is 0.537. The van der Waals surface area contributed by atoms with E-state index in [0.717, 1.165) is 12.1 Å². The lowest BCUT2D eigenvalue weighted by molar-refractivity contribution is -0.133. The third-order valence-corrected chi connectivity index (χ3v) is 6.58. The molecule has 0 saturated carbocycles. The van der Waals surface area contributed by atoms with E-state index >= 15 is 0 Å². The van der Waals surface area contributed by atoms with E-state index in [-0.39, 0.29) is 0 Å². The zero-order valence-corrected chi connectivity index (χ0v) is 18.0. The van der Waals surface area contributed by atoms with Crippen LogP contribution in [0.15, 0.2) is 89.8 Å². The molecule has 0 unspecified atom stereocenters. The van der Waals surface area contributed by atoms with Crippen molar-refractivity contribution in [3.8, 4) is 17.6 Å². The maximum Gasteiger partial charge on any atom is 0.406 e. The van der Waals surface area contributed by atoms with Gasteiger partial charge in [0.25, 0.3) is 9.84 Å². The standard InChI is InChI=1S/C25H20F2O4S/c1-31-22-16-13-19(14-17-22)12-15-21(20-8-4-2-5-9-20)18-24(28)25(26,27)32(29,30)23-10-6-3-7-11-23/h2-11,13-14,16-17,21H,18H2,1H3/t21-/m1/s1. The fourth-order valence-electron chi connectivity index (χ4n) is 2.98. The van der Waals surface area contributed by atoms with Crippen LogP contribution in [-0.4, -0.2) is 26.6 Å². The second-order valence-corrected chi connectivity index (χ2v) is 8.91. The molecule has 4 nitrogen and oxygen atoms in total. The number of benzene rings is 3. The highest BCUT2D eigenvalue weighted by Crippen LogP contribution is 2.33. The second-order valence-electron chi connectivity index (χ2n) is 6.92. The smallest absolute Gasteiger partial charge is 0.406 e. The van der Waals surface area contributed by atoms with E-state index in [9.17, 15) is 22.0 Å². The molecule has 0 N–H and O–H groups in total. The molecule has 3 aromatic rings. The Kier molecular flexibility index (Phi) is 7.06. The molecule has 0 aromatic heterocycles. The summed E-state index contributed by atoms with van der Waals surface area (Å²) in [6, 6.07) is 21.5. The minimum Gasteiger partial charge on any atom is -0.497 e. The fourth-order valence-corrected chi connectivity index (χ4v) is 4.18. The van der Waals surface area contributed by atoms with E-state index in [1.54, 1.807) is 54.6 Å². The molecule has 0 aliphatic rings. The molecule has 32 heavy (non-hydrogen) atoms. The fraction of sp³-hybridized carbons (Fsp3) is 0.160. The maximum atomic E-state index is 14.8. The van der Waals surface area contributed by atoms with Gasteiger partial charge in [-0.05, 0) is 42.0 Å². The Morgan fingerprint density at radius 1 is 0.938 bits per heavy atom. The molecule has 0 bridgehead atoms. The monoisotopic (exact) mass is 454 g/mol. The van der Waals surface area contributed by atoms with Gasteiger partial charge in [-0.2, -0.15) is 8.78 Å². The number of methoxy groups -OCH3 is 1. The number of alkyl halides is 2. The Morgan fingerprint density at radius 2 is 1.50 bits per heavy atom. The lowest BCUT2D eigenvalue weighted by atomic mass is 9.94. The number of halogens is 2. The van der Waals surface area contributed by atoms with Crippen LogP contribution in [-0.2, 0) is 14.6 Å². The van der Waals surface area contributed by atoms with Crippen molar-refractivity contribution in [3.63, 3.8) is 0 Å². The van der Waals surface area contributed by atoms with Crippen LogP contribution in [0.1, 0.15) is 23.5 Å². The summed E-state index contributed by atoms with van der Waals surface area (Å²) in [4.78, 5) is 11.9. The highest BCUT2D eigenvalue weighted by atomic mass is 32.2. The number of hydrogen-bond acceptors (Lipinski definition) is 4. The predicted octanol–water partition coefficient (Wildman–Crippen LogP) is 4.86. The summed E-state index contributed by atoms with van der Waals surface area (Å²) >= 11 is 0. The van der Waals surface area contributed by atoms with Crippen LogP contribution < -0.4 is 4.74 Å². The molecule has 0 fully saturated rings. The molecule has 164 valence electrons. The van der Waals surface area contributed by atoms with Crippen LogP contribution in [0.5, 0.6) is 5.75 Å². The molecule has 3 aromatic carbocycles. The van der Waals surface area contributed by atoms with E-state index in [0.29, 0.717) is 16.9 Å². The van der Waals surface area contributed by atoms with Crippen molar-refractivity contribution < 1.29 is 26.7 Å². The third-order valence-electron chi connectivity index (χ3n) is 4.79. The number of carbonyl (C=O) groups is 1. The normalized spacial score (nSPS) is 12.3. The van der Waals surface area contributed by atoms with Crippen molar-refractivity contribution >= 4 is 15.6 Å². The SMILES string of the molecule is COc1ccc(C#C[C@H](CC(=O)C(F)(F)S(=O)(=O)c2ccccc2)c2ccccc2)cc1. The number of ketones is 1. The number of ether oxygens (including phenoxy) is 1. The van der Waals surface area contributed by atoms with Crippen molar-refractivity contribution in [1.29, 1.82) is 0 Å². The molecule has 0 aliphatic carbocycles. The van der Waals surface area contributed by atoms with Crippen LogP contribution in [0, 0.1) is 11.8 Å². The van der Waals surface area contributed by atoms with Crippen LogP contribution in [0.4, 0.5) is 8.78 Å². The number of Topliss-reactive ketones (excluding diaryl/α,β-unsaturated/α-hetero) is 1. The van der Waals surface area contributed by atoms with Gasteiger partial charge in [0.05, 0.1) is 17.9 Å². The van der Waals surface area contributed by atoms with Crippen molar-refractivity contribution in [2.24, 2.45) is 0 Å². The van der Waals surface area contributed by atoms with E-state index in [2.05, 4.69) is 11.8 Å². The average Bonchev–Trinajstić information content (AvgIpc) is 2.82. The third kappa shape index (κ3) is 5.04. The van der Waals surface area contributed by atoms with Gasteiger partial charge in [0.15, 0.2) is 0 Å². The summed E-state index contributed by atoms with van der Waals surface area (Å²) in [6.45, 7) is 0. The Hall–Kier alpha value is -3.50. The minimum atomic E-state index is -5.19. The Bertz CT molecular complexity index is 1230. The quantitative estimate of drug-likeness (QED) is 0.479. The van der Waals surface area contributed by atoms with Gasteiger partial charge in [-0.25, -0.2) is 8.42 Å². The molecule has 0 aliphatic heterocycles. The molecular weight excluding hydrogens is 434 g/mol. The van der Waals surface area contributed by atoms with Crippen LogP contribution in [0.25, 0.3) is 0 Å². The largest absolute Gasteiger partial charge is 0.497 e. The zero-order valence-electron chi connectivity index (χ0n) is 17.2. The summed E-state index contributed by atoms with van der Waals surface area (Å²) in [5.41, 5.74) is 1.14. The number of rotatable bonds is 7. The van der Waals surface area contributed by atoms with Crippen molar-refractivity contribution in [3.05, 3.63) is 96.1 Å². The molecule has 0 heterocycles. The predicted molar refractivity (Wildman–Crippen MR) is 117 cm³/mol. The summed E-state index contributed by atoms with van der Waals surface area (Å²) < 4.78 is 59.6. The average molecular weight is 454 g/mol. The summed E-state index contributed by atoms with van der Waals surface area (Å²) in [5, 5.41) is -4.58. The Morgan fingerprint density at radius 3 is 2.06 bits per heavy atom. The number of carbonyl (C=O) groups excluding carboxylic acids is 1. The Balaban J connectivity index is 1.91. The van der Waals surface area contributed by atoms with E-state index < -0.39 is 38.1 Å². The van der Waals surface area contributed by atoms with Crippen molar-refractivity contribution in [2.45, 2.75) is 22.5 Å². The first-order chi connectivity index (χ1) is 15.3. The highest BCUT2D eigenvalue weighted by Gasteiger charge is 2.53. The molecule has 1 atom stereocenters. The lowest BCUT2D eigenvalue weighted by Crippen LogP contribution is -2.38. The first-order valence-electron chi connectivity index (χ1n) is 9.67. The molecular formula is C25H20F2O4S. The summed E-state index contributed by atoms with van der Waals surface area (Å²) in [7, 11) is -3.66. The number of hydrogen-bond donors (Lipinski definition) is 0. The first kappa shape index (κ1) is 23.2. The van der Waals surface area contributed by atoms with Gasteiger partial charge in [0.1, 0.15) is 5.75 Å². The molecule has 0 saturated heterocycles. The zero-order chi connectivity index (χ0) is 23.2. The number of sulfone groups is 1. The van der Waals surface area contributed by atoms with Gasteiger partial charge in [-0.3, -0.25) is 4.79 Å². The topological polar surface area (TPSA) is 60.4 Å². The van der Waals surface area contributed by atoms with E-state index in [4.69, 9.17) is 4.74 Å². The lowest BCUT2D eigenvalue weighted by Gasteiger charge is -2.18. The van der Waals surface area contributed by atoms with Gasteiger partial charge >= 0.3 is 5.25 Å². The van der Waals surface area contributed by atoms with Crippen LogP contribution in [0.2, 0.25) is 0 Å². The van der Waals surface area contributed by atoms with Crippen LogP contribution in [0.3, 0.4) is 0 Å². The first-order valence-corrected chi connectivity index (χ1v) is 11.2. The molecule has 0 spiro atoms. The molecule has 7 heteroatoms. The van der Waals surface area contributed by atoms with Crippen LogP contribution >= 0.6 is 0 Å². The molecule has 3 rings (SSSR count). The molecule has 0 radical (unpaired) electrons. The van der Waals surface area contributed by atoms with Gasteiger partial charge in [0.2, 0.25) is 5.78 Å². The van der Waals surface area contributed by atoms with Crippen molar-refractivity contribution in [1.82, 2.24) is 0 Å². The summed E-state index contributed by atoms with van der Waals surface area (Å²) in [5.74, 6) is 3.73. The van der Waals surface area contributed by atoms with E-state index in [1.165, 1.54) is 25.3 Å².